The largest absolute Gasteiger partial charge is 3.00 e. The van der Waals surface area contributed by atoms with Crippen molar-refractivity contribution in [2.45, 2.75) is 0 Å². The molecular weight excluding hydrogens is 895 g/mol. The number of hydrogen-bond acceptors (Lipinski definition) is 6. The van der Waals surface area contributed by atoms with Gasteiger partial charge in [0.2, 0.25) is 0 Å². The number of nitrogens with zero attached hydrogens (tertiary/aromatic N) is 9. The van der Waals surface area contributed by atoms with Gasteiger partial charge in [-0.2, -0.15) is 0 Å². The Morgan fingerprint density at radius 2 is 0.621 bits per heavy atom. The van der Waals surface area contributed by atoms with Crippen LogP contribution in [0.15, 0.2) is 146 Å². The number of rotatable bonds is 9. The number of fused-ring (bicyclic) bond motifs is 3. The summed E-state index contributed by atoms with van der Waals surface area (Å²) in [5.74, 6) is 1.87. The van der Waals surface area contributed by atoms with Crippen LogP contribution in [0.3, 0.4) is 0 Å². The Labute approximate surface area is 346 Å². The number of imidazole rings is 3. The van der Waals surface area contributed by atoms with Gasteiger partial charge < -0.3 is 29.9 Å². The third-order valence-corrected chi connectivity index (χ3v) is 9.45. The summed E-state index contributed by atoms with van der Waals surface area (Å²) < 4.78 is 0. The first-order chi connectivity index (χ1) is 28.1. The Hall–Kier alpha value is -7.39. The molecule has 6 heterocycles. The average molecular weight is 925 g/mol. The van der Waals surface area contributed by atoms with E-state index >= 15 is 0 Å². The van der Waals surface area contributed by atoms with Crippen molar-refractivity contribution in [3.05, 3.63) is 179 Å². The number of hydrogen-bond donors (Lipinski definition) is 0. The van der Waals surface area contributed by atoms with Gasteiger partial charge in [0.25, 0.3) is 0 Å². The monoisotopic (exact) mass is 925 g/mol. The topological polar surface area (TPSA) is 120 Å². The Balaban J connectivity index is 0.00000436. The van der Waals surface area contributed by atoms with E-state index in [0.717, 1.165) is 83.6 Å². The first-order valence-corrected chi connectivity index (χ1v) is 18.4. The maximum atomic E-state index is 4.66. The first-order valence-electron chi connectivity index (χ1n) is 18.4. The van der Waals surface area contributed by atoms with Crippen LogP contribution in [0.1, 0.15) is 33.4 Å². The minimum Gasteiger partial charge on any atom is -0.434 e. The normalized spacial score (nSPS) is 11.8. The van der Waals surface area contributed by atoms with Crippen LogP contribution < -0.4 is 15.0 Å². The van der Waals surface area contributed by atoms with Crippen LogP contribution in [0.5, 0.6) is 0 Å². The first kappa shape index (κ1) is 36.3. The predicted octanol–water partition coefficient (Wildman–Crippen LogP) is 9.90. The summed E-state index contributed by atoms with van der Waals surface area (Å²) in [6, 6.07) is 41.9. The summed E-state index contributed by atoms with van der Waals surface area (Å²) in [5, 5.41) is 0. The molecule has 0 aliphatic heterocycles. The van der Waals surface area contributed by atoms with Crippen molar-refractivity contribution in [2.75, 3.05) is 0 Å². The fraction of sp³-hybridized carbons (Fsp3) is 0. The molecule has 10 rings (SSSR count). The van der Waals surface area contributed by atoms with E-state index in [1.54, 1.807) is 0 Å². The molecule has 0 unspecified atom stereocenters. The van der Waals surface area contributed by atoms with Gasteiger partial charge in [0.1, 0.15) is 0 Å². The minimum absolute atomic E-state index is 0. The fourth-order valence-corrected chi connectivity index (χ4v) is 6.54. The molecule has 4 aromatic carbocycles. The molecule has 0 spiro atoms. The van der Waals surface area contributed by atoms with Gasteiger partial charge in [-0.3, -0.25) is 15.0 Å². The molecule has 10 aromatic rings. The fourth-order valence-electron chi connectivity index (χ4n) is 6.54. The van der Waals surface area contributed by atoms with Crippen molar-refractivity contribution < 1.29 is 20.1 Å². The van der Waals surface area contributed by atoms with Crippen LogP contribution in [-0.4, -0.2) is 29.9 Å². The smallest absolute Gasteiger partial charge is 0.434 e. The van der Waals surface area contributed by atoms with Gasteiger partial charge in [0.15, 0.2) is 0 Å². The van der Waals surface area contributed by atoms with E-state index in [-0.39, 0.29) is 20.1 Å². The Kier molecular flexibility index (Phi) is 10.00. The van der Waals surface area contributed by atoms with Crippen molar-refractivity contribution in [3.63, 3.8) is 0 Å². The van der Waals surface area contributed by atoms with Crippen molar-refractivity contribution in [3.8, 4) is 34.6 Å². The predicted molar refractivity (Wildman–Crippen MR) is 228 cm³/mol. The summed E-state index contributed by atoms with van der Waals surface area (Å²) in [6.07, 6.45) is 18.0. The molecule has 0 saturated carbocycles. The molecule has 0 N–H and O–H groups in total. The van der Waals surface area contributed by atoms with Gasteiger partial charge >= 0.3 is 20.1 Å². The van der Waals surface area contributed by atoms with Gasteiger partial charge in [-0.1, -0.05) is 127 Å². The van der Waals surface area contributed by atoms with E-state index in [1.807, 2.05) is 128 Å². The molecule has 6 aromatic heterocycles. The second kappa shape index (κ2) is 16.0. The van der Waals surface area contributed by atoms with Gasteiger partial charge in [0.05, 0.1) is 17.1 Å². The minimum atomic E-state index is 0. The maximum absolute atomic E-state index is 4.66. The maximum Gasteiger partial charge on any atom is 3.00 e. The molecule has 0 amide bonds. The summed E-state index contributed by atoms with van der Waals surface area (Å²) in [4.78, 5) is 41.8. The van der Waals surface area contributed by atoms with Crippen molar-refractivity contribution >= 4 is 69.6 Å². The molecular formula is C48H30IrN9. The number of aromatic nitrogens is 9. The van der Waals surface area contributed by atoms with E-state index < -0.39 is 0 Å². The van der Waals surface area contributed by atoms with Crippen LogP contribution in [0.2, 0.25) is 0 Å². The van der Waals surface area contributed by atoms with E-state index in [0.29, 0.717) is 17.5 Å². The molecule has 0 aliphatic rings. The molecule has 0 aliphatic carbocycles. The van der Waals surface area contributed by atoms with Crippen LogP contribution in [0.4, 0.5) is 0 Å². The number of pyridine rings is 3. The molecule has 0 saturated heterocycles. The van der Waals surface area contributed by atoms with Gasteiger partial charge in [-0.25, -0.2) is 0 Å². The second-order valence-electron chi connectivity index (χ2n) is 13.5. The Morgan fingerprint density at radius 1 is 0.328 bits per heavy atom. The summed E-state index contributed by atoms with van der Waals surface area (Å²) in [6.45, 7) is 0. The molecule has 9 nitrogen and oxygen atoms in total. The Morgan fingerprint density at radius 3 is 0.897 bits per heavy atom. The third kappa shape index (κ3) is 7.83. The Bertz CT molecular complexity index is 2670. The van der Waals surface area contributed by atoms with Crippen LogP contribution >= 0.6 is 0 Å². The summed E-state index contributed by atoms with van der Waals surface area (Å²) in [5.41, 5.74) is 13.4. The van der Waals surface area contributed by atoms with Crippen molar-refractivity contribution in [2.24, 2.45) is 0 Å². The van der Waals surface area contributed by atoms with E-state index in [2.05, 4.69) is 99.5 Å². The van der Waals surface area contributed by atoms with Crippen molar-refractivity contribution in [1.29, 1.82) is 0 Å². The number of para-hydroxylation sites is 6. The molecule has 58 heavy (non-hydrogen) atoms. The van der Waals surface area contributed by atoms with Gasteiger partial charge in [-0.15, -0.1) is 0 Å². The molecule has 0 atom stereocenters. The summed E-state index contributed by atoms with van der Waals surface area (Å²) >= 11 is 0. The number of benzene rings is 4. The summed E-state index contributed by atoms with van der Waals surface area (Å²) in [7, 11) is 0. The van der Waals surface area contributed by atoms with Crippen LogP contribution in [0, 0.1) is 0 Å². The SMILES string of the molecule is C(=C/c1cc(/C=C\c2ccc(-c3nc4ccccc4[n-]3)nc2)cc(/C=C\c2ccc(-c3nc4ccccc4[n-]3)nc2)c1)/c1ccc(-c2nc3ccccc3[n-]2)nc1.[Ir+3]. The molecule has 0 radical (unpaired) electrons. The van der Waals surface area contributed by atoms with Crippen LogP contribution in [0.25, 0.3) is 104 Å². The standard InChI is InChI=1S/C48H30N9.Ir/c1-2-8-38-37(7-1)52-46(53-38)43-22-19-31(28-49-43)13-16-34-25-35(17-14-32-20-23-44(50-29-32)47-54-39-9-3-4-10-40(39)55-47)27-36(26-34)18-15-33-21-24-45(51-30-33)48-56-41-11-5-6-12-42(41)57-48;/h1-30H;/q-3;+3/b16-13-,17-14-,18-15-;. The van der Waals surface area contributed by atoms with Crippen molar-refractivity contribution in [1.82, 2.24) is 44.9 Å². The average Bonchev–Trinajstić information content (AvgIpc) is 4.02. The zero-order valence-electron chi connectivity index (χ0n) is 30.7. The zero-order chi connectivity index (χ0) is 38.0. The van der Waals surface area contributed by atoms with Gasteiger partial charge in [-0.05, 0) is 120 Å². The van der Waals surface area contributed by atoms with E-state index in [9.17, 15) is 0 Å². The molecule has 276 valence electrons. The molecule has 0 fully saturated rings. The van der Waals surface area contributed by atoms with Gasteiger partial charge in [0, 0.05) is 18.6 Å². The quantitative estimate of drug-likeness (QED) is 0.139. The van der Waals surface area contributed by atoms with E-state index in [4.69, 9.17) is 0 Å². The third-order valence-electron chi connectivity index (χ3n) is 9.45. The van der Waals surface area contributed by atoms with E-state index in [1.165, 1.54) is 0 Å². The zero-order valence-corrected chi connectivity index (χ0v) is 33.1. The molecule has 10 heteroatoms. The molecule has 0 bridgehead atoms. The second-order valence-corrected chi connectivity index (χ2v) is 13.5. The van der Waals surface area contributed by atoms with Crippen LogP contribution in [-0.2, 0) is 20.1 Å².